The van der Waals surface area contributed by atoms with E-state index in [2.05, 4.69) is 16.0 Å². The summed E-state index contributed by atoms with van der Waals surface area (Å²) in [5.74, 6) is -0.268. The van der Waals surface area contributed by atoms with E-state index < -0.39 is 11.7 Å². The Bertz CT molecular complexity index is 829. The molecule has 7 nitrogen and oxygen atoms in total. The lowest BCUT2D eigenvalue weighted by Crippen LogP contribution is -2.34. The second-order valence-corrected chi connectivity index (χ2v) is 8.49. The van der Waals surface area contributed by atoms with Crippen LogP contribution in [0.5, 0.6) is 0 Å². The number of thiophene rings is 1. The van der Waals surface area contributed by atoms with Crippen LogP contribution in [0.2, 0.25) is 0 Å². The maximum absolute atomic E-state index is 12.1. The molecule has 2 rings (SSSR count). The molecule has 2 aromatic rings. The molecule has 3 N–H and O–H groups in total. The second kappa shape index (κ2) is 10.6. The van der Waals surface area contributed by atoms with Crippen molar-refractivity contribution in [1.82, 2.24) is 10.6 Å². The van der Waals surface area contributed by atoms with Crippen molar-refractivity contribution in [3.05, 3.63) is 52.2 Å². The molecular formula is C21H27N3O4S. The normalized spacial score (nSPS) is 10.9. The Hall–Kier alpha value is -2.87. The summed E-state index contributed by atoms with van der Waals surface area (Å²) in [4.78, 5) is 36.6. The van der Waals surface area contributed by atoms with Crippen molar-refractivity contribution in [3.8, 4) is 0 Å². The monoisotopic (exact) mass is 417 g/mol. The van der Waals surface area contributed by atoms with E-state index in [1.807, 2.05) is 35.7 Å². The van der Waals surface area contributed by atoms with E-state index in [1.165, 1.54) is 0 Å². The van der Waals surface area contributed by atoms with Crippen LogP contribution in [0.25, 0.3) is 0 Å². The van der Waals surface area contributed by atoms with Gasteiger partial charge in [0.05, 0.1) is 6.42 Å². The predicted molar refractivity (Wildman–Crippen MR) is 114 cm³/mol. The SMILES string of the molecule is CC(C)(C)OC(=O)NCCC(=O)Nc1cccc(CNC(=O)Cc2cccs2)c1. The van der Waals surface area contributed by atoms with Gasteiger partial charge < -0.3 is 20.7 Å². The average molecular weight is 418 g/mol. The third-order valence-electron chi connectivity index (χ3n) is 3.64. The summed E-state index contributed by atoms with van der Waals surface area (Å²) in [5.41, 5.74) is 0.942. The molecule has 29 heavy (non-hydrogen) atoms. The van der Waals surface area contributed by atoms with Gasteiger partial charge in [-0.1, -0.05) is 18.2 Å². The molecule has 0 aliphatic rings. The van der Waals surface area contributed by atoms with Gasteiger partial charge in [0.2, 0.25) is 11.8 Å². The first-order chi connectivity index (χ1) is 13.7. The molecule has 0 aliphatic heterocycles. The quantitative estimate of drug-likeness (QED) is 0.613. The first kappa shape index (κ1) is 22.4. The number of amides is 3. The van der Waals surface area contributed by atoms with Crippen LogP contribution in [0.15, 0.2) is 41.8 Å². The number of hydrogen-bond acceptors (Lipinski definition) is 5. The lowest BCUT2D eigenvalue weighted by atomic mass is 10.2. The van der Waals surface area contributed by atoms with Gasteiger partial charge in [-0.2, -0.15) is 0 Å². The lowest BCUT2D eigenvalue weighted by molar-refractivity contribution is -0.120. The number of ether oxygens (including phenoxy) is 1. The second-order valence-electron chi connectivity index (χ2n) is 7.46. The lowest BCUT2D eigenvalue weighted by Gasteiger charge is -2.19. The molecule has 156 valence electrons. The Morgan fingerprint density at radius 1 is 1.03 bits per heavy atom. The van der Waals surface area contributed by atoms with Gasteiger partial charge in [-0.05, 0) is 49.9 Å². The number of nitrogens with one attached hydrogen (secondary N) is 3. The summed E-state index contributed by atoms with van der Waals surface area (Å²) in [5, 5.41) is 10.2. The van der Waals surface area contributed by atoms with Crippen molar-refractivity contribution in [1.29, 1.82) is 0 Å². The molecule has 0 atom stereocenters. The number of benzene rings is 1. The molecule has 3 amide bonds. The summed E-state index contributed by atoms with van der Waals surface area (Å²) in [6.07, 6.45) is -0.0645. The highest BCUT2D eigenvalue weighted by atomic mass is 32.1. The summed E-state index contributed by atoms with van der Waals surface area (Å²) < 4.78 is 5.12. The van der Waals surface area contributed by atoms with Crippen LogP contribution in [-0.4, -0.2) is 30.1 Å². The largest absolute Gasteiger partial charge is 0.444 e. The molecule has 8 heteroatoms. The fourth-order valence-electron chi connectivity index (χ4n) is 2.41. The van der Waals surface area contributed by atoms with E-state index in [0.29, 0.717) is 18.7 Å². The van der Waals surface area contributed by atoms with Crippen LogP contribution in [-0.2, 0) is 27.3 Å². The van der Waals surface area contributed by atoms with Crippen molar-refractivity contribution in [2.24, 2.45) is 0 Å². The van der Waals surface area contributed by atoms with Crippen LogP contribution in [0.3, 0.4) is 0 Å². The summed E-state index contributed by atoms with van der Waals surface area (Å²) in [6, 6.07) is 11.1. The standard InChI is InChI=1S/C21H27N3O4S/c1-21(2,3)28-20(27)22-10-9-18(25)24-16-7-4-6-15(12-16)14-23-19(26)13-17-8-5-11-29-17/h4-8,11-12H,9-10,13-14H2,1-3H3,(H,22,27)(H,23,26)(H,24,25). The van der Waals surface area contributed by atoms with Crippen LogP contribution < -0.4 is 16.0 Å². The zero-order valence-electron chi connectivity index (χ0n) is 16.9. The summed E-state index contributed by atoms with van der Waals surface area (Å²) in [7, 11) is 0. The summed E-state index contributed by atoms with van der Waals surface area (Å²) in [6.45, 7) is 5.89. The zero-order chi connectivity index (χ0) is 21.3. The van der Waals surface area contributed by atoms with Gasteiger partial charge in [0.15, 0.2) is 0 Å². The van der Waals surface area contributed by atoms with Crippen molar-refractivity contribution < 1.29 is 19.1 Å². The molecule has 0 spiro atoms. The molecule has 1 aromatic heterocycles. The molecule has 0 fully saturated rings. The van der Waals surface area contributed by atoms with Gasteiger partial charge in [0.25, 0.3) is 0 Å². The highest BCUT2D eigenvalue weighted by Gasteiger charge is 2.16. The first-order valence-electron chi connectivity index (χ1n) is 9.36. The van der Waals surface area contributed by atoms with Gasteiger partial charge in [-0.25, -0.2) is 4.79 Å². The molecule has 0 radical (unpaired) electrons. The number of hydrogen-bond donors (Lipinski definition) is 3. The topological polar surface area (TPSA) is 96.5 Å². The third kappa shape index (κ3) is 9.25. The molecule has 0 aliphatic carbocycles. The van der Waals surface area contributed by atoms with Gasteiger partial charge in [-0.15, -0.1) is 11.3 Å². The third-order valence-corrected chi connectivity index (χ3v) is 4.51. The van der Waals surface area contributed by atoms with Crippen molar-refractivity contribution in [2.75, 3.05) is 11.9 Å². The molecular weight excluding hydrogens is 390 g/mol. The highest BCUT2D eigenvalue weighted by Crippen LogP contribution is 2.12. The molecule has 0 saturated heterocycles. The van der Waals surface area contributed by atoms with Crippen LogP contribution in [0, 0.1) is 0 Å². The molecule has 0 unspecified atom stereocenters. The maximum Gasteiger partial charge on any atom is 0.407 e. The van der Waals surface area contributed by atoms with Gasteiger partial charge in [0.1, 0.15) is 5.60 Å². The average Bonchev–Trinajstić information content (AvgIpc) is 3.11. The van der Waals surface area contributed by atoms with Crippen molar-refractivity contribution in [2.45, 2.75) is 45.8 Å². The van der Waals surface area contributed by atoms with Crippen molar-refractivity contribution in [3.63, 3.8) is 0 Å². The Morgan fingerprint density at radius 2 is 1.83 bits per heavy atom. The van der Waals surface area contributed by atoms with E-state index in [1.54, 1.807) is 38.2 Å². The van der Waals surface area contributed by atoms with Gasteiger partial charge in [-0.3, -0.25) is 9.59 Å². The van der Waals surface area contributed by atoms with E-state index in [9.17, 15) is 14.4 Å². The molecule has 0 bridgehead atoms. The fourth-order valence-corrected chi connectivity index (χ4v) is 3.11. The minimum absolute atomic E-state index is 0.0462. The maximum atomic E-state index is 12.1. The Balaban J connectivity index is 1.73. The minimum atomic E-state index is -0.577. The van der Waals surface area contributed by atoms with Crippen LogP contribution in [0.1, 0.15) is 37.6 Å². The van der Waals surface area contributed by atoms with E-state index in [0.717, 1.165) is 10.4 Å². The number of anilines is 1. The minimum Gasteiger partial charge on any atom is -0.444 e. The number of alkyl carbamates (subject to hydrolysis) is 1. The van der Waals surface area contributed by atoms with Crippen LogP contribution >= 0.6 is 11.3 Å². The van der Waals surface area contributed by atoms with E-state index in [-0.39, 0.29) is 24.8 Å². The molecule has 1 heterocycles. The van der Waals surface area contributed by atoms with Crippen molar-refractivity contribution >= 4 is 34.9 Å². The highest BCUT2D eigenvalue weighted by molar-refractivity contribution is 7.10. The van der Waals surface area contributed by atoms with Gasteiger partial charge in [0, 0.05) is 30.1 Å². The Morgan fingerprint density at radius 3 is 2.52 bits per heavy atom. The Labute approximate surface area is 174 Å². The smallest absolute Gasteiger partial charge is 0.407 e. The molecule has 1 aromatic carbocycles. The Kier molecular flexibility index (Phi) is 8.21. The first-order valence-corrected chi connectivity index (χ1v) is 10.2. The molecule has 0 saturated carbocycles. The fraction of sp³-hybridized carbons (Fsp3) is 0.381. The summed E-state index contributed by atoms with van der Waals surface area (Å²) >= 11 is 1.55. The zero-order valence-corrected chi connectivity index (χ0v) is 17.7. The number of carbonyl (C=O) groups is 3. The van der Waals surface area contributed by atoms with E-state index in [4.69, 9.17) is 4.74 Å². The predicted octanol–water partition coefficient (Wildman–Crippen LogP) is 3.46. The number of carbonyl (C=O) groups excluding carboxylic acids is 3. The van der Waals surface area contributed by atoms with E-state index >= 15 is 0 Å². The number of rotatable bonds is 8. The van der Waals surface area contributed by atoms with Crippen LogP contribution in [0.4, 0.5) is 10.5 Å². The van der Waals surface area contributed by atoms with Gasteiger partial charge >= 0.3 is 6.09 Å².